The molecule has 2 aromatic rings. The van der Waals surface area contributed by atoms with E-state index in [0.29, 0.717) is 23.4 Å². The summed E-state index contributed by atoms with van der Waals surface area (Å²) >= 11 is 0. The summed E-state index contributed by atoms with van der Waals surface area (Å²) in [4.78, 5) is 23.1. The Labute approximate surface area is 105 Å². The lowest BCUT2D eigenvalue weighted by Gasteiger charge is -2.04. The Bertz CT molecular complexity index is 522. The molecule has 6 nitrogen and oxygen atoms in total. The molecule has 18 heavy (non-hydrogen) atoms. The smallest absolute Gasteiger partial charge is 0.271 e. The lowest BCUT2D eigenvalue weighted by molar-refractivity contribution is 0.0948. The minimum atomic E-state index is -0.179. The van der Waals surface area contributed by atoms with Crippen LogP contribution in [0.2, 0.25) is 0 Å². The highest BCUT2D eigenvalue weighted by molar-refractivity contribution is 5.93. The molecule has 0 aliphatic heterocycles. The molecule has 0 aromatic carbocycles. The number of hydrogen-bond donors (Lipinski definition) is 3. The highest BCUT2D eigenvalue weighted by atomic mass is 16.1. The van der Waals surface area contributed by atoms with Gasteiger partial charge in [-0.3, -0.25) is 4.79 Å². The van der Waals surface area contributed by atoms with Crippen molar-refractivity contribution in [3.63, 3.8) is 0 Å². The van der Waals surface area contributed by atoms with Crippen molar-refractivity contribution in [2.24, 2.45) is 0 Å². The van der Waals surface area contributed by atoms with Crippen molar-refractivity contribution in [3.05, 3.63) is 24.2 Å². The maximum atomic E-state index is 11.8. The van der Waals surface area contributed by atoms with E-state index < -0.39 is 0 Å². The summed E-state index contributed by atoms with van der Waals surface area (Å²) in [7, 11) is 0. The lowest BCUT2D eigenvalue weighted by atomic mass is 10.3. The topological polar surface area (TPSA) is 82.7 Å². The standard InChI is InChI=1S/C12H17N5O/c1-2-13-5-3-6-15-12(18)10-8-16-11-9(17-10)4-7-14-11/h4,7-8,13H,2-3,5-6H2,1H3,(H,14,16)(H,15,18). The molecule has 6 heteroatoms. The quantitative estimate of drug-likeness (QED) is 0.656. The van der Waals surface area contributed by atoms with Crippen molar-refractivity contribution in [2.45, 2.75) is 13.3 Å². The highest BCUT2D eigenvalue weighted by Crippen LogP contribution is 2.06. The number of fused-ring (bicyclic) bond motifs is 1. The summed E-state index contributed by atoms with van der Waals surface area (Å²) in [6.45, 7) is 4.54. The first-order valence-electron chi connectivity index (χ1n) is 6.10. The van der Waals surface area contributed by atoms with Crippen LogP contribution in [0, 0.1) is 0 Å². The van der Waals surface area contributed by atoms with E-state index in [1.807, 2.05) is 0 Å². The van der Waals surface area contributed by atoms with Crippen molar-refractivity contribution in [1.82, 2.24) is 25.6 Å². The molecule has 0 radical (unpaired) electrons. The van der Waals surface area contributed by atoms with Crippen molar-refractivity contribution in [3.8, 4) is 0 Å². The second-order valence-electron chi connectivity index (χ2n) is 3.93. The van der Waals surface area contributed by atoms with Crippen LogP contribution in [0.15, 0.2) is 18.5 Å². The molecule has 0 saturated heterocycles. The van der Waals surface area contributed by atoms with Gasteiger partial charge >= 0.3 is 0 Å². The number of amides is 1. The Morgan fingerprint density at radius 1 is 1.44 bits per heavy atom. The minimum Gasteiger partial charge on any atom is -0.351 e. The SMILES string of the molecule is CCNCCCNC(=O)c1cnc2[nH]ccc2n1. The first-order chi connectivity index (χ1) is 8.81. The molecule has 0 aliphatic carbocycles. The zero-order chi connectivity index (χ0) is 12.8. The van der Waals surface area contributed by atoms with Crippen LogP contribution >= 0.6 is 0 Å². The molecule has 2 heterocycles. The average Bonchev–Trinajstić information content (AvgIpc) is 2.85. The summed E-state index contributed by atoms with van der Waals surface area (Å²) in [5, 5.41) is 6.02. The fourth-order valence-electron chi connectivity index (χ4n) is 1.62. The van der Waals surface area contributed by atoms with E-state index in [1.54, 1.807) is 12.3 Å². The predicted molar refractivity (Wildman–Crippen MR) is 69.4 cm³/mol. The van der Waals surface area contributed by atoms with Crippen LogP contribution < -0.4 is 10.6 Å². The van der Waals surface area contributed by atoms with Gasteiger partial charge in [-0.15, -0.1) is 0 Å². The van der Waals surface area contributed by atoms with Crippen molar-refractivity contribution < 1.29 is 4.79 Å². The number of carbonyl (C=O) groups excluding carboxylic acids is 1. The fourth-order valence-corrected chi connectivity index (χ4v) is 1.62. The molecule has 96 valence electrons. The van der Waals surface area contributed by atoms with Gasteiger partial charge in [0.25, 0.3) is 5.91 Å². The molecular weight excluding hydrogens is 230 g/mol. The Morgan fingerprint density at radius 3 is 3.17 bits per heavy atom. The third kappa shape index (κ3) is 3.04. The number of H-pyrrole nitrogens is 1. The van der Waals surface area contributed by atoms with Gasteiger partial charge in [0.2, 0.25) is 0 Å². The molecular formula is C12H17N5O. The second kappa shape index (κ2) is 6.11. The van der Waals surface area contributed by atoms with E-state index >= 15 is 0 Å². The highest BCUT2D eigenvalue weighted by Gasteiger charge is 2.08. The van der Waals surface area contributed by atoms with Crippen molar-refractivity contribution in [1.29, 1.82) is 0 Å². The van der Waals surface area contributed by atoms with E-state index in [1.165, 1.54) is 6.20 Å². The molecule has 1 amide bonds. The lowest BCUT2D eigenvalue weighted by Crippen LogP contribution is -2.28. The second-order valence-corrected chi connectivity index (χ2v) is 3.93. The summed E-state index contributed by atoms with van der Waals surface area (Å²) in [5.41, 5.74) is 1.75. The van der Waals surface area contributed by atoms with Gasteiger partial charge in [-0.2, -0.15) is 0 Å². The van der Waals surface area contributed by atoms with E-state index in [2.05, 4.69) is 32.5 Å². The summed E-state index contributed by atoms with van der Waals surface area (Å²) in [6, 6.07) is 1.80. The molecule has 3 N–H and O–H groups in total. The van der Waals surface area contributed by atoms with Gasteiger partial charge in [-0.25, -0.2) is 9.97 Å². The molecule has 0 unspecified atom stereocenters. The Hall–Kier alpha value is -1.95. The van der Waals surface area contributed by atoms with Crippen LogP contribution in [0.3, 0.4) is 0 Å². The van der Waals surface area contributed by atoms with Crippen LogP contribution in [0.4, 0.5) is 0 Å². The molecule has 0 atom stereocenters. The van der Waals surface area contributed by atoms with E-state index in [4.69, 9.17) is 0 Å². The van der Waals surface area contributed by atoms with Gasteiger partial charge in [0, 0.05) is 12.7 Å². The molecule has 2 rings (SSSR count). The Kier molecular flexibility index (Phi) is 4.25. The normalized spacial score (nSPS) is 10.7. The third-order valence-corrected chi connectivity index (χ3v) is 2.56. The molecule has 0 fully saturated rings. The minimum absolute atomic E-state index is 0.179. The van der Waals surface area contributed by atoms with E-state index in [0.717, 1.165) is 19.5 Å². The first-order valence-corrected chi connectivity index (χ1v) is 6.10. The maximum absolute atomic E-state index is 11.8. The number of carbonyl (C=O) groups is 1. The Morgan fingerprint density at radius 2 is 2.33 bits per heavy atom. The number of rotatable bonds is 6. The Balaban J connectivity index is 1.88. The van der Waals surface area contributed by atoms with Crippen molar-refractivity contribution >= 4 is 17.1 Å². The molecule has 0 bridgehead atoms. The molecule has 0 saturated carbocycles. The maximum Gasteiger partial charge on any atom is 0.271 e. The number of nitrogens with zero attached hydrogens (tertiary/aromatic N) is 2. The molecule has 0 aliphatic rings. The number of nitrogens with one attached hydrogen (secondary N) is 3. The van der Waals surface area contributed by atoms with E-state index in [-0.39, 0.29) is 5.91 Å². The van der Waals surface area contributed by atoms with Crippen LogP contribution in [0.25, 0.3) is 11.2 Å². The van der Waals surface area contributed by atoms with Crippen LogP contribution in [0.1, 0.15) is 23.8 Å². The number of aromatic amines is 1. The third-order valence-electron chi connectivity index (χ3n) is 2.56. The van der Waals surface area contributed by atoms with Gasteiger partial charge in [0.15, 0.2) is 5.65 Å². The first kappa shape index (κ1) is 12.5. The van der Waals surface area contributed by atoms with Gasteiger partial charge in [0.1, 0.15) is 11.2 Å². The van der Waals surface area contributed by atoms with Gasteiger partial charge in [-0.05, 0) is 25.6 Å². The summed E-state index contributed by atoms with van der Waals surface area (Å²) in [5.74, 6) is -0.179. The fraction of sp³-hybridized carbons (Fsp3) is 0.417. The summed E-state index contributed by atoms with van der Waals surface area (Å²) < 4.78 is 0. The number of hydrogen-bond acceptors (Lipinski definition) is 4. The van der Waals surface area contributed by atoms with Crippen LogP contribution in [0.5, 0.6) is 0 Å². The van der Waals surface area contributed by atoms with E-state index in [9.17, 15) is 4.79 Å². The van der Waals surface area contributed by atoms with Crippen molar-refractivity contribution in [2.75, 3.05) is 19.6 Å². The number of aromatic nitrogens is 3. The molecule has 2 aromatic heterocycles. The summed E-state index contributed by atoms with van der Waals surface area (Å²) in [6.07, 6.45) is 4.14. The average molecular weight is 247 g/mol. The predicted octanol–water partition coefficient (Wildman–Crippen LogP) is 0.687. The van der Waals surface area contributed by atoms with Gasteiger partial charge in [0.05, 0.1) is 6.20 Å². The zero-order valence-corrected chi connectivity index (χ0v) is 10.4. The largest absolute Gasteiger partial charge is 0.351 e. The van der Waals surface area contributed by atoms with Crippen LogP contribution in [-0.2, 0) is 0 Å². The van der Waals surface area contributed by atoms with Crippen LogP contribution in [-0.4, -0.2) is 40.5 Å². The zero-order valence-electron chi connectivity index (χ0n) is 10.4. The monoisotopic (exact) mass is 247 g/mol. The van der Waals surface area contributed by atoms with Gasteiger partial charge in [-0.1, -0.05) is 6.92 Å². The van der Waals surface area contributed by atoms with Gasteiger partial charge < -0.3 is 15.6 Å². The molecule has 0 spiro atoms.